The summed E-state index contributed by atoms with van der Waals surface area (Å²) in [5, 5.41) is 12.1. The smallest absolute Gasteiger partial charge is 0.313 e. The van der Waals surface area contributed by atoms with Gasteiger partial charge in [0, 0.05) is 19.0 Å². The van der Waals surface area contributed by atoms with Gasteiger partial charge in [0.05, 0.1) is 25.2 Å². The molecule has 7 nitrogen and oxygen atoms in total. The minimum atomic E-state index is -1.10. The van der Waals surface area contributed by atoms with Crippen molar-refractivity contribution < 1.29 is 24.2 Å². The van der Waals surface area contributed by atoms with E-state index in [1.54, 1.807) is 11.8 Å². The fraction of sp³-hybridized carbons (Fsp3) is 0.786. The van der Waals surface area contributed by atoms with Gasteiger partial charge < -0.3 is 20.1 Å². The van der Waals surface area contributed by atoms with Gasteiger partial charge >= 0.3 is 5.97 Å². The highest BCUT2D eigenvalue weighted by molar-refractivity contribution is 5.90. The number of nitrogens with zero attached hydrogens (tertiary/aromatic N) is 1. The molecule has 2 N–H and O–H groups in total. The summed E-state index contributed by atoms with van der Waals surface area (Å²) < 4.78 is 5.22. The fourth-order valence-corrected chi connectivity index (χ4v) is 3.02. The van der Waals surface area contributed by atoms with E-state index in [2.05, 4.69) is 5.32 Å². The van der Waals surface area contributed by atoms with Gasteiger partial charge in [0.15, 0.2) is 0 Å². The zero-order valence-corrected chi connectivity index (χ0v) is 12.0. The molecule has 3 rings (SSSR count). The first-order chi connectivity index (χ1) is 9.91. The Kier molecular flexibility index (Phi) is 3.39. The lowest BCUT2D eigenvalue weighted by atomic mass is 9.85. The molecule has 2 saturated heterocycles. The van der Waals surface area contributed by atoms with Gasteiger partial charge in [-0.25, -0.2) is 0 Å². The number of rotatable bonds is 4. The van der Waals surface area contributed by atoms with E-state index in [9.17, 15) is 19.5 Å². The summed E-state index contributed by atoms with van der Waals surface area (Å²) in [7, 11) is 0. The first kappa shape index (κ1) is 14.3. The molecule has 0 spiro atoms. The second-order valence-electron chi connectivity index (χ2n) is 6.48. The van der Waals surface area contributed by atoms with E-state index < -0.39 is 17.4 Å². The van der Waals surface area contributed by atoms with Crippen molar-refractivity contribution in [3.63, 3.8) is 0 Å². The number of carboxylic acids is 1. The molecular formula is C14H20N2O5. The van der Waals surface area contributed by atoms with Gasteiger partial charge in [-0.1, -0.05) is 0 Å². The van der Waals surface area contributed by atoms with Crippen LogP contribution >= 0.6 is 0 Å². The summed E-state index contributed by atoms with van der Waals surface area (Å²) in [4.78, 5) is 37.3. The molecule has 0 aromatic carbocycles. The molecule has 21 heavy (non-hydrogen) atoms. The van der Waals surface area contributed by atoms with Crippen LogP contribution in [0.2, 0.25) is 0 Å². The number of likely N-dealkylation sites (tertiary alicyclic amines) is 1. The number of nitrogens with one attached hydrogen (secondary N) is 1. The maximum Gasteiger partial charge on any atom is 0.313 e. The molecule has 3 fully saturated rings. The van der Waals surface area contributed by atoms with Crippen molar-refractivity contribution in [1.82, 2.24) is 10.2 Å². The molecule has 0 bridgehead atoms. The van der Waals surface area contributed by atoms with Crippen molar-refractivity contribution in [2.45, 2.75) is 38.3 Å². The number of amides is 2. The maximum atomic E-state index is 12.3. The predicted octanol–water partition coefficient (Wildman–Crippen LogP) is -0.397. The van der Waals surface area contributed by atoms with Crippen molar-refractivity contribution in [3.05, 3.63) is 0 Å². The summed E-state index contributed by atoms with van der Waals surface area (Å²) in [6.45, 7) is 2.31. The van der Waals surface area contributed by atoms with Crippen LogP contribution in [0.25, 0.3) is 0 Å². The molecule has 3 unspecified atom stereocenters. The van der Waals surface area contributed by atoms with Crippen LogP contribution in [0.15, 0.2) is 0 Å². The summed E-state index contributed by atoms with van der Waals surface area (Å²) in [6.07, 6.45) is 2.26. The number of carbonyl (C=O) groups is 3. The van der Waals surface area contributed by atoms with Crippen molar-refractivity contribution >= 4 is 17.8 Å². The van der Waals surface area contributed by atoms with E-state index in [0.717, 1.165) is 12.8 Å². The Morgan fingerprint density at radius 2 is 2.14 bits per heavy atom. The Bertz CT molecular complexity index is 490. The second-order valence-corrected chi connectivity index (χ2v) is 6.48. The first-order valence-electron chi connectivity index (χ1n) is 7.33. The Balaban J connectivity index is 1.61. The van der Waals surface area contributed by atoms with Crippen molar-refractivity contribution in [1.29, 1.82) is 0 Å². The van der Waals surface area contributed by atoms with Gasteiger partial charge in [0.25, 0.3) is 0 Å². The van der Waals surface area contributed by atoms with Crippen LogP contribution in [0.1, 0.15) is 26.2 Å². The average molecular weight is 296 g/mol. The summed E-state index contributed by atoms with van der Waals surface area (Å²) in [5.74, 6) is -1.57. The van der Waals surface area contributed by atoms with E-state index in [1.807, 2.05) is 0 Å². The van der Waals surface area contributed by atoms with Gasteiger partial charge in [-0.3, -0.25) is 14.4 Å². The van der Waals surface area contributed by atoms with Gasteiger partial charge in [0.1, 0.15) is 5.41 Å². The number of carbonyl (C=O) groups excluding carboxylic acids is 2. The molecular weight excluding hydrogens is 276 g/mol. The molecule has 0 radical (unpaired) electrons. The van der Waals surface area contributed by atoms with Crippen LogP contribution in [-0.2, 0) is 19.1 Å². The number of ether oxygens (including phenoxy) is 1. The standard InChI is InChI=1S/C14H20N2O5/c1-14(13(19)20)7-21-6-10(14)15-12(18)8-4-11(17)16(5-8)9-2-3-9/h8-10H,2-7H2,1H3,(H,15,18)(H,19,20). The number of hydrogen-bond acceptors (Lipinski definition) is 4. The van der Waals surface area contributed by atoms with Crippen LogP contribution in [0.3, 0.4) is 0 Å². The number of hydrogen-bond donors (Lipinski definition) is 2. The third-order valence-electron chi connectivity index (χ3n) is 4.78. The molecule has 3 atom stereocenters. The molecule has 7 heteroatoms. The van der Waals surface area contributed by atoms with Crippen LogP contribution in [0.4, 0.5) is 0 Å². The van der Waals surface area contributed by atoms with E-state index in [4.69, 9.17) is 4.74 Å². The molecule has 116 valence electrons. The number of carboxylic acid groups (broad SMARTS) is 1. The first-order valence-corrected chi connectivity index (χ1v) is 7.33. The lowest BCUT2D eigenvalue weighted by Crippen LogP contribution is -2.51. The third-order valence-corrected chi connectivity index (χ3v) is 4.78. The van der Waals surface area contributed by atoms with Crippen molar-refractivity contribution in [2.24, 2.45) is 11.3 Å². The molecule has 0 aromatic rings. The predicted molar refractivity (Wildman–Crippen MR) is 71.3 cm³/mol. The molecule has 1 aliphatic carbocycles. The quantitative estimate of drug-likeness (QED) is 0.736. The van der Waals surface area contributed by atoms with Crippen LogP contribution in [-0.4, -0.2) is 59.6 Å². The second kappa shape index (κ2) is 4.98. The summed E-state index contributed by atoms with van der Waals surface area (Å²) >= 11 is 0. The highest BCUT2D eigenvalue weighted by Gasteiger charge is 2.49. The SMILES string of the molecule is CC1(C(=O)O)COCC1NC(=O)C1CC(=O)N(C2CC2)C1. The van der Waals surface area contributed by atoms with Gasteiger partial charge in [-0.2, -0.15) is 0 Å². The fourth-order valence-electron chi connectivity index (χ4n) is 3.02. The van der Waals surface area contributed by atoms with Crippen LogP contribution in [0, 0.1) is 11.3 Å². The minimum Gasteiger partial charge on any atom is -0.481 e. The Hall–Kier alpha value is -1.63. The van der Waals surface area contributed by atoms with E-state index in [1.165, 1.54) is 0 Å². The van der Waals surface area contributed by atoms with Gasteiger partial charge in [-0.15, -0.1) is 0 Å². The van der Waals surface area contributed by atoms with E-state index in [0.29, 0.717) is 12.6 Å². The maximum absolute atomic E-state index is 12.3. The van der Waals surface area contributed by atoms with Gasteiger partial charge in [-0.05, 0) is 19.8 Å². The lowest BCUT2D eigenvalue weighted by Gasteiger charge is -2.26. The zero-order valence-electron chi connectivity index (χ0n) is 12.0. The zero-order chi connectivity index (χ0) is 15.2. The normalized spacial score (nSPS) is 36.0. The molecule has 1 saturated carbocycles. The molecule has 2 amide bonds. The third kappa shape index (κ3) is 2.50. The van der Waals surface area contributed by atoms with E-state index in [-0.39, 0.29) is 37.4 Å². The Morgan fingerprint density at radius 1 is 1.43 bits per heavy atom. The molecule has 2 aliphatic heterocycles. The highest BCUT2D eigenvalue weighted by atomic mass is 16.5. The lowest BCUT2D eigenvalue weighted by molar-refractivity contribution is -0.149. The average Bonchev–Trinajstić information content (AvgIpc) is 3.09. The van der Waals surface area contributed by atoms with Crippen LogP contribution in [0.5, 0.6) is 0 Å². The Morgan fingerprint density at radius 3 is 2.76 bits per heavy atom. The monoisotopic (exact) mass is 296 g/mol. The molecule has 3 aliphatic rings. The number of aliphatic carboxylic acids is 1. The topological polar surface area (TPSA) is 95.9 Å². The summed E-state index contributed by atoms with van der Waals surface area (Å²) in [5.41, 5.74) is -1.10. The Labute approximate surface area is 122 Å². The largest absolute Gasteiger partial charge is 0.481 e. The highest BCUT2D eigenvalue weighted by Crippen LogP contribution is 2.33. The minimum absolute atomic E-state index is 0.0290. The van der Waals surface area contributed by atoms with Crippen molar-refractivity contribution in [2.75, 3.05) is 19.8 Å². The molecule has 2 heterocycles. The molecule has 0 aromatic heterocycles. The van der Waals surface area contributed by atoms with Gasteiger partial charge in [0.2, 0.25) is 11.8 Å². The summed E-state index contributed by atoms with van der Waals surface area (Å²) in [6, 6.07) is -0.234. The van der Waals surface area contributed by atoms with Crippen LogP contribution < -0.4 is 5.32 Å². The van der Waals surface area contributed by atoms with E-state index >= 15 is 0 Å². The van der Waals surface area contributed by atoms with Crippen molar-refractivity contribution in [3.8, 4) is 0 Å².